The zero-order valence-electron chi connectivity index (χ0n) is 12.1. The molecule has 1 unspecified atom stereocenters. The van der Waals surface area contributed by atoms with E-state index < -0.39 is 5.60 Å². The number of nitrogens with zero attached hydrogens (tertiary/aromatic N) is 2. The molecule has 1 heterocycles. The van der Waals surface area contributed by atoms with Gasteiger partial charge in [-0.2, -0.15) is 5.10 Å². The maximum Gasteiger partial charge on any atom is 0.129 e. The van der Waals surface area contributed by atoms with Gasteiger partial charge in [0.1, 0.15) is 5.60 Å². The van der Waals surface area contributed by atoms with E-state index in [4.69, 9.17) is 0 Å². The van der Waals surface area contributed by atoms with E-state index >= 15 is 0 Å². The van der Waals surface area contributed by atoms with Crippen molar-refractivity contribution in [3.63, 3.8) is 0 Å². The van der Waals surface area contributed by atoms with Crippen molar-refractivity contribution in [2.45, 2.75) is 46.3 Å². The summed E-state index contributed by atoms with van der Waals surface area (Å²) < 4.78 is 1.89. The predicted molar refractivity (Wildman–Crippen MR) is 77.1 cm³/mol. The van der Waals surface area contributed by atoms with Gasteiger partial charge in [0.25, 0.3) is 0 Å². The van der Waals surface area contributed by atoms with Crippen molar-refractivity contribution >= 4 is 0 Å². The van der Waals surface area contributed by atoms with Crippen molar-refractivity contribution in [1.29, 1.82) is 0 Å². The van der Waals surface area contributed by atoms with E-state index in [9.17, 15) is 5.11 Å². The van der Waals surface area contributed by atoms with Crippen molar-refractivity contribution in [2.24, 2.45) is 0 Å². The molecular formula is C16H22N2O. The lowest BCUT2D eigenvalue weighted by Crippen LogP contribution is -2.28. The summed E-state index contributed by atoms with van der Waals surface area (Å²) in [5, 5.41) is 15.3. The molecule has 0 radical (unpaired) electrons. The summed E-state index contributed by atoms with van der Waals surface area (Å²) in [6, 6.07) is 8.08. The van der Waals surface area contributed by atoms with Crippen LogP contribution in [0, 0.1) is 13.8 Å². The Labute approximate surface area is 114 Å². The number of aryl methyl sites for hydroxylation is 3. The zero-order valence-corrected chi connectivity index (χ0v) is 12.1. The number of hydrogen-bond donors (Lipinski definition) is 1. The van der Waals surface area contributed by atoms with E-state index in [-0.39, 0.29) is 0 Å². The van der Waals surface area contributed by atoms with Gasteiger partial charge in [-0.3, -0.25) is 4.68 Å². The van der Waals surface area contributed by atoms with E-state index in [2.05, 4.69) is 30.2 Å². The second-order valence-electron chi connectivity index (χ2n) is 5.33. The molecule has 1 atom stereocenters. The molecule has 0 amide bonds. The normalized spacial score (nSPS) is 14.4. The highest BCUT2D eigenvalue weighted by atomic mass is 16.3. The Balaban J connectivity index is 2.51. The molecule has 0 spiro atoms. The maximum absolute atomic E-state index is 11.0. The fourth-order valence-electron chi connectivity index (χ4n) is 2.53. The molecule has 3 heteroatoms. The molecule has 19 heavy (non-hydrogen) atoms. The zero-order chi connectivity index (χ0) is 14.0. The van der Waals surface area contributed by atoms with Gasteiger partial charge in [-0.25, -0.2) is 0 Å². The second kappa shape index (κ2) is 5.17. The largest absolute Gasteiger partial charge is 0.379 e. The van der Waals surface area contributed by atoms with E-state index in [1.54, 1.807) is 6.20 Å². The van der Waals surface area contributed by atoms with Crippen molar-refractivity contribution in [2.75, 3.05) is 0 Å². The Morgan fingerprint density at radius 3 is 2.68 bits per heavy atom. The van der Waals surface area contributed by atoms with Gasteiger partial charge < -0.3 is 5.11 Å². The van der Waals surface area contributed by atoms with Crippen LogP contribution in [0.5, 0.6) is 0 Å². The third kappa shape index (κ3) is 2.56. The molecule has 0 fully saturated rings. The first-order chi connectivity index (χ1) is 8.96. The number of hydrogen-bond acceptors (Lipinski definition) is 2. The van der Waals surface area contributed by atoms with Crippen LogP contribution in [0.15, 0.2) is 30.5 Å². The molecule has 0 saturated carbocycles. The van der Waals surface area contributed by atoms with E-state index in [0.717, 1.165) is 35.3 Å². The van der Waals surface area contributed by atoms with Gasteiger partial charge in [0.05, 0.1) is 5.69 Å². The lowest BCUT2D eigenvalue weighted by atomic mass is 9.88. The number of rotatable bonds is 4. The first-order valence-corrected chi connectivity index (χ1v) is 6.79. The summed E-state index contributed by atoms with van der Waals surface area (Å²) in [6.07, 6.45) is 2.75. The van der Waals surface area contributed by atoms with E-state index in [0.29, 0.717) is 0 Å². The average Bonchev–Trinajstić information content (AvgIpc) is 2.81. The van der Waals surface area contributed by atoms with Crippen molar-refractivity contribution in [3.8, 4) is 0 Å². The van der Waals surface area contributed by atoms with Crippen LogP contribution < -0.4 is 0 Å². The summed E-state index contributed by atoms with van der Waals surface area (Å²) in [5.74, 6) is 0. The highest BCUT2D eigenvalue weighted by Gasteiger charge is 2.30. The van der Waals surface area contributed by atoms with Crippen molar-refractivity contribution < 1.29 is 5.11 Å². The Morgan fingerprint density at radius 2 is 2.00 bits per heavy atom. The van der Waals surface area contributed by atoms with Gasteiger partial charge in [-0.15, -0.1) is 0 Å². The van der Waals surface area contributed by atoms with Crippen LogP contribution in [0.3, 0.4) is 0 Å². The van der Waals surface area contributed by atoms with Gasteiger partial charge in [0, 0.05) is 12.7 Å². The predicted octanol–water partition coefficient (Wildman–Crippen LogP) is 3.17. The molecule has 0 aliphatic heterocycles. The van der Waals surface area contributed by atoms with Gasteiger partial charge in [-0.05, 0) is 44.4 Å². The van der Waals surface area contributed by atoms with Crippen LogP contribution in [0.2, 0.25) is 0 Å². The fraction of sp³-hybridized carbons (Fsp3) is 0.438. The van der Waals surface area contributed by atoms with Crippen LogP contribution >= 0.6 is 0 Å². The molecule has 0 aliphatic rings. The summed E-state index contributed by atoms with van der Waals surface area (Å²) in [5.41, 5.74) is 3.04. The first kappa shape index (κ1) is 13.8. The molecule has 1 aromatic heterocycles. The molecule has 0 bridgehead atoms. The maximum atomic E-state index is 11.0. The second-order valence-corrected chi connectivity index (χ2v) is 5.33. The third-order valence-electron chi connectivity index (χ3n) is 3.57. The minimum absolute atomic E-state index is 0.823. The third-order valence-corrected chi connectivity index (χ3v) is 3.57. The Morgan fingerprint density at radius 1 is 1.26 bits per heavy atom. The summed E-state index contributed by atoms with van der Waals surface area (Å²) >= 11 is 0. The quantitative estimate of drug-likeness (QED) is 0.914. The molecule has 102 valence electrons. The Bertz CT molecular complexity index is 570. The number of aliphatic hydroxyl groups is 1. The van der Waals surface area contributed by atoms with Crippen LogP contribution in [-0.4, -0.2) is 14.9 Å². The minimum Gasteiger partial charge on any atom is -0.379 e. The molecule has 2 rings (SSSR count). The van der Waals surface area contributed by atoms with Crippen molar-refractivity contribution in [3.05, 3.63) is 52.8 Å². The van der Waals surface area contributed by atoms with Gasteiger partial charge in [0.2, 0.25) is 0 Å². The Kier molecular flexibility index (Phi) is 3.76. The van der Waals surface area contributed by atoms with E-state index in [1.807, 2.05) is 31.5 Å². The highest BCUT2D eigenvalue weighted by Crippen LogP contribution is 2.31. The van der Waals surface area contributed by atoms with E-state index in [1.165, 1.54) is 0 Å². The smallest absolute Gasteiger partial charge is 0.129 e. The SMILES string of the molecule is CCCn1nccc1C(C)(O)c1cc(C)ccc1C. The topological polar surface area (TPSA) is 38.0 Å². The first-order valence-electron chi connectivity index (χ1n) is 6.79. The fourth-order valence-corrected chi connectivity index (χ4v) is 2.53. The van der Waals surface area contributed by atoms with Crippen LogP contribution in [0.1, 0.15) is 42.7 Å². The van der Waals surface area contributed by atoms with Crippen LogP contribution in [0.4, 0.5) is 0 Å². The molecule has 2 aromatic rings. The number of aromatic nitrogens is 2. The minimum atomic E-state index is -1.01. The lowest BCUT2D eigenvalue weighted by Gasteiger charge is -2.27. The van der Waals surface area contributed by atoms with Gasteiger partial charge >= 0.3 is 0 Å². The Hall–Kier alpha value is -1.61. The number of benzene rings is 1. The highest BCUT2D eigenvalue weighted by molar-refractivity contribution is 5.39. The molecule has 1 N–H and O–H groups in total. The molecule has 0 saturated heterocycles. The molecule has 1 aromatic carbocycles. The van der Waals surface area contributed by atoms with Crippen LogP contribution in [0.25, 0.3) is 0 Å². The summed E-state index contributed by atoms with van der Waals surface area (Å²) in [7, 11) is 0. The lowest BCUT2D eigenvalue weighted by molar-refractivity contribution is 0.0907. The molecule has 0 aliphatic carbocycles. The summed E-state index contributed by atoms with van der Waals surface area (Å²) in [4.78, 5) is 0. The summed E-state index contributed by atoms with van der Waals surface area (Å²) in [6.45, 7) is 8.85. The standard InChI is InChI=1S/C16H22N2O/c1-5-10-18-15(8-9-17-18)16(4,19)14-11-12(2)6-7-13(14)3/h6-9,11,19H,5,10H2,1-4H3. The van der Waals surface area contributed by atoms with Gasteiger partial charge in [-0.1, -0.05) is 30.7 Å². The van der Waals surface area contributed by atoms with Gasteiger partial charge in [0.15, 0.2) is 0 Å². The van der Waals surface area contributed by atoms with Crippen molar-refractivity contribution in [1.82, 2.24) is 9.78 Å². The monoisotopic (exact) mass is 258 g/mol. The molecular weight excluding hydrogens is 236 g/mol. The van der Waals surface area contributed by atoms with Crippen LogP contribution in [-0.2, 0) is 12.1 Å². The molecule has 3 nitrogen and oxygen atoms in total. The average molecular weight is 258 g/mol.